The molecule has 20 heavy (non-hydrogen) atoms. The fraction of sp³-hybridized carbons (Fsp3) is 0.286. The highest BCUT2D eigenvalue weighted by Gasteiger charge is 2.08. The summed E-state index contributed by atoms with van der Waals surface area (Å²) in [6, 6.07) is 7.91. The first-order chi connectivity index (χ1) is 9.70. The lowest BCUT2D eigenvalue weighted by atomic mass is 10.2. The van der Waals surface area contributed by atoms with Crippen LogP contribution < -0.4 is 20.5 Å². The molecule has 6 heteroatoms. The average molecular weight is 274 g/mol. The van der Waals surface area contributed by atoms with Crippen molar-refractivity contribution in [3.63, 3.8) is 0 Å². The number of rotatable bonds is 6. The summed E-state index contributed by atoms with van der Waals surface area (Å²) in [5.41, 5.74) is 6.86. The van der Waals surface area contributed by atoms with Gasteiger partial charge in [-0.05, 0) is 24.6 Å². The smallest absolute Gasteiger partial charge is 0.203 e. The quantitative estimate of drug-likeness (QED) is 0.782. The van der Waals surface area contributed by atoms with E-state index in [-0.39, 0.29) is 0 Å². The maximum atomic E-state index is 5.70. The number of benzene rings is 1. The van der Waals surface area contributed by atoms with Crippen LogP contribution >= 0.6 is 0 Å². The van der Waals surface area contributed by atoms with E-state index in [1.165, 1.54) is 19.0 Å². The second-order valence-corrected chi connectivity index (χ2v) is 4.23. The molecule has 0 radical (unpaired) electrons. The molecule has 1 aromatic carbocycles. The largest absolute Gasteiger partial charge is 0.492 e. The van der Waals surface area contributed by atoms with E-state index in [1.807, 2.05) is 31.2 Å². The number of nitrogens with one attached hydrogen (secondary N) is 1. The number of aromatic nitrogens is 2. The van der Waals surface area contributed by atoms with Crippen molar-refractivity contribution in [1.29, 1.82) is 0 Å². The molecule has 0 aliphatic carbocycles. The summed E-state index contributed by atoms with van der Waals surface area (Å²) in [4.78, 5) is 7.95. The third-order valence-electron chi connectivity index (χ3n) is 2.69. The van der Waals surface area contributed by atoms with Gasteiger partial charge in [0.1, 0.15) is 18.7 Å². The van der Waals surface area contributed by atoms with Gasteiger partial charge in [-0.25, -0.2) is 9.97 Å². The van der Waals surface area contributed by atoms with Gasteiger partial charge >= 0.3 is 0 Å². The Kier molecular flexibility index (Phi) is 4.60. The molecular formula is C14H18N4O2. The molecule has 0 aliphatic heterocycles. The molecule has 3 N–H and O–H groups in total. The predicted molar refractivity (Wildman–Crippen MR) is 78.2 cm³/mol. The first kappa shape index (κ1) is 13.9. The van der Waals surface area contributed by atoms with Gasteiger partial charge in [-0.15, -0.1) is 0 Å². The van der Waals surface area contributed by atoms with Crippen LogP contribution in [0.1, 0.15) is 5.56 Å². The topological polar surface area (TPSA) is 82.3 Å². The van der Waals surface area contributed by atoms with Crippen LogP contribution in [0.3, 0.4) is 0 Å². The molecule has 106 valence electrons. The van der Waals surface area contributed by atoms with Gasteiger partial charge in [0.25, 0.3) is 0 Å². The molecule has 6 nitrogen and oxygen atoms in total. The lowest BCUT2D eigenvalue weighted by Crippen LogP contribution is -2.14. The van der Waals surface area contributed by atoms with Crippen molar-refractivity contribution in [1.82, 2.24) is 9.97 Å². The number of anilines is 2. The van der Waals surface area contributed by atoms with Crippen LogP contribution in [0.2, 0.25) is 0 Å². The number of methoxy groups -OCH3 is 1. The Morgan fingerprint density at radius 3 is 2.90 bits per heavy atom. The van der Waals surface area contributed by atoms with Crippen LogP contribution in [0.4, 0.5) is 11.6 Å². The summed E-state index contributed by atoms with van der Waals surface area (Å²) in [6.45, 7) is 3.12. The van der Waals surface area contributed by atoms with Gasteiger partial charge in [-0.2, -0.15) is 0 Å². The van der Waals surface area contributed by atoms with Crippen molar-refractivity contribution < 1.29 is 9.47 Å². The highest BCUT2D eigenvalue weighted by molar-refractivity contribution is 5.61. The number of aryl methyl sites for hydroxylation is 1. The molecule has 0 saturated heterocycles. The van der Waals surface area contributed by atoms with Crippen molar-refractivity contribution in [2.24, 2.45) is 0 Å². The Bertz CT molecular complexity index is 575. The van der Waals surface area contributed by atoms with Crippen LogP contribution in [0.25, 0.3) is 0 Å². The molecule has 0 amide bonds. The zero-order chi connectivity index (χ0) is 14.4. The molecule has 2 rings (SSSR count). The van der Waals surface area contributed by atoms with Gasteiger partial charge in [0.05, 0.1) is 13.7 Å². The van der Waals surface area contributed by atoms with Gasteiger partial charge in [0.15, 0.2) is 11.6 Å². The fourth-order valence-electron chi connectivity index (χ4n) is 1.76. The fourth-order valence-corrected chi connectivity index (χ4v) is 1.76. The first-order valence-corrected chi connectivity index (χ1v) is 6.28. The van der Waals surface area contributed by atoms with Crippen molar-refractivity contribution in [3.8, 4) is 11.5 Å². The van der Waals surface area contributed by atoms with E-state index in [2.05, 4.69) is 15.3 Å². The molecule has 0 fully saturated rings. The number of nitrogen functional groups attached to an aromatic ring is 1. The summed E-state index contributed by atoms with van der Waals surface area (Å²) in [5, 5.41) is 3.11. The van der Waals surface area contributed by atoms with Crippen molar-refractivity contribution >= 4 is 11.6 Å². The summed E-state index contributed by atoms with van der Waals surface area (Å²) in [7, 11) is 1.53. The van der Waals surface area contributed by atoms with Crippen LogP contribution in [0, 0.1) is 6.92 Å². The number of nitrogens with zero attached hydrogens (tertiary/aromatic N) is 2. The van der Waals surface area contributed by atoms with Crippen LogP contribution in [-0.4, -0.2) is 30.2 Å². The van der Waals surface area contributed by atoms with Crippen molar-refractivity contribution in [2.45, 2.75) is 6.92 Å². The predicted octanol–water partition coefficient (Wildman–Crippen LogP) is 1.87. The number of hydrogen-bond donors (Lipinski definition) is 2. The third-order valence-corrected chi connectivity index (χ3v) is 2.69. The number of ether oxygens (including phenoxy) is 2. The van der Waals surface area contributed by atoms with E-state index in [1.54, 1.807) is 0 Å². The molecular weight excluding hydrogens is 256 g/mol. The Balaban J connectivity index is 1.86. The minimum atomic E-state index is 0.310. The highest BCUT2D eigenvalue weighted by Crippen LogP contribution is 2.25. The number of hydrogen-bond acceptors (Lipinski definition) is 6. The summed E-state index contributed by atoms with van der Waals surface area (Å²) < 4.78 is 10.8. The Labute approximate surface area is 118 Å². The van der Waals surface area contributed by atoms with Gasteiger partial charge in [-0.1, -0.05) is 12.1 Å². The maximum Gasteiger partial charge on any atom is 0.203 e. The highest BCUT2D eigenvalue weighted by atomic mass is 16.5. The lowest BCUT2D eigenvalue weighted by Gasteiger charge is -2.11. The normalized spacial score (nSPS) is 10.1. The molecule has 2 aromatic rings. The summed E-state index contributed by atoms with van der Waals surface area (Å²) in [5.74, 6) is 2.17. The van der Waals surface area contributed by atoms with Gasteiger partial charge in [0, 0.05) is 0 Å². The SMILES string of the molecule is COc1c(N)ncnc1NCCOc1cccc(C)c1. The van der Waals surface area contributed by atoms with E-state index in [0.29, 0.717) is 30.5 Å². The van der Waals surface area contributed by atoms with Crippen LogP contribution in [0.5, 0.6) is 11.5 Å². The molecule has 0 atom stereocenters. The minimum absolute atomic E-state index is 0.310. The molecule has 0 unspecified atom stereocenters. The van der Waals surface area contributed by atoms with Crippen LogP contribution in [0.15, 0.2) is 30.6 Å². The zero-order valence-corrected chi connectivity index (χ0v) is 11.6. The minimum Gasteiger partial charge on any atom is -0.492 e. The standard InChI is InChI=1S/C14H18N4O2/c1-10-4-3-5-11(8-10)20-7-6-16-14-12(19-2)13(15)17-9-18-14/h3-5,8-9H,6-7H2,1-2H3,(H3,15,16,17,18). The van der Waals surface area contributed by atoms with Gasteiger partial charge in [0.2, 0.25) is 5.75 Å². The van der Waals surface area contributed by atoms with E-state index in [0.717, 1.165) is 5.75 Å². The molecule has 0 saturated carbocycles. The van der Waals surface area contributed by atoms with Crippen LogP contribution in [-0.2, 0) is 0 Å². The van der Waals surface area contributed by atoms with E-state index < -0.39 is 0 Å². The monoisotopic (exact) mass is 274 g/mol. The molecule has 1 heterocycles. The molecule has 0 bridgehead atoms. The number of nitrogens with two attached hydrogens (primary N) is 1. The van der Waals surface area contributed by atoms with Crippen molar-refractivity contribution in [2.75, 3.05) is 31.3 Å². The Hall–Kier alpha value is -2.50. The second-order valence-electron chi connectivity index (χ2n) is 4.23. The lowest BCUT2D eigenvalue weighted by molar-refractivity contribution is 0.332. The van der Waals surface area contributed by atoms with Gasteiger partial charge < -0.3 is 20.5 Å². The third kappa shape index (κ3) is 3.50. The molecule has 0 spiro atoms. The second kappa shape index (κ2) is 6.60. The van der Waals surface area contributed by atoms with E-state index in [9.17, 15) is 0 Å². The average Bonchev–Trinajstić information content (AvgIpc) is 2.44. The zero-order valence-electron chi connectivity index (χ0n) is 11.6. The Morgan fingerprint density at radius 2 is 2.15 bits per heavy atom. The summed E-state index contributed by atoms with van der Waals surface area (Å²) in [6.07, 6.45) is 1.39. The molecule has 1 aromatic heterocycles. The maximum absolute atomic E-state index is 5.70. The van der Waals surface area contributed by atoms with Gasteiger partial charge in [-0.3, -0.25) is 0 Å². The first-order valence-electron chi connectivity index (χ1n) is 6.28. The Morgan fingerprint density at radius 1 is 1.30 bits per heavy atom. The van der Waals surface area contributed by atoms with Crippen molar-refractivity contribution in [3.05, 3.63) is 36.2 Å². The summed E-state index contributed by atoms with van der Waals surface area (Å²) >= 11 is 0. The molecule has 0 aliphatic rings. The van der Waals surface area contributed by atoms with E-state index >= 15 is 0 Å². The van der Waals surface area contributed by atoms with E-state index in [4.69, 9.17) is 15.2 Å².